The van der Waals surface area contributed by atoms with Gasteiger partial charge in [-0.05, 0) is 35.9 Å². The third-order valence-corrected chi connectivity index (χ3v) is 4.83. The molecule has 2 aromatic carbocycles. The van der Waals surface area contributed by atoms with Crippen molar-refractivity contribution in [1.82, 2.24) is 4.98 Å². The minimum atomic E-state index is -4.55. The number of carbonyl (C=O) groups is 2. The zero-order valence-corrected chi connectivity index (χ0v) is 16.1. The van der Waals surface area contributed by atoms with Crippen molar-refractivity contribution >= 4 is 23.3 Å². The number of nitrogens with zero attached hydrogens (tertiary/aromatic N) is 3. The molecule has 30 heavy (non-hydrogen) atoms. The molecule has 5 nitrogen and oxygen atoms in total. The molecule has 0 saturated heterocycles. The summed E-state index contributed by atoms with van der Waals surface area (Å²) >= 11 is 0. The molecule has 0 saturated carbocycles. The number of pyridine rings is 1. The molecule has 8 heteroatoms. The fourth-order valence-electron chi connectivity index (χ4n) is 3.42. The highest BCUT2D eigenvalue weighted by Crippen LogP contribution is 2.37. The lowest BCUT2D eigenvalue weighted by atomic mass is 10.0. The van der Waals surface area contributed by atoms with Gasteiger partial charge >= 0.3 is 6.18 Å². The Labute approximate surface area is 170 Å². The Balaban J connectivity index is 1.82. The molecule has 152 valence electrons. The molecule has 0 N–H and O–H groups in total. The standard InChI is InChI=1S/C22H16F3N3O2/c1-27(2)19-18(11-14(12-26-19)22(23,24)25)13-6-5-7-15(10-13)28-20(29)16-8-3-4-9-17(16)21(28)30/h3-12H,1-2H3. The van der Waals surface area contributed by atoms with Crippen LogP contribution in [0, 0.1) is 0 Å². The summed E-state index contributed by atoms with van der Waals surface area (Å²) in [5.41, 5.74) is 0.639. The molecular weight excluding hydrogens is 395 g/mol. The monoisotopic (exact) mass is 411 g/mol. The van der Waals surface area contributed by atoms with Crippen molar-refractivity contribution in [3.05, 3.63) is 77.5 Å². The first-order chi connectivity index (χ1) is 14.2. The molecule has 2 amide bonds. The molecule has 3 aromatic rings. The summed E-state index contributed by atoms with van der Waals surface area (Å²) in [4.78, 5) is 32.1. The van der Waals surface area contributed by atoms with Gasteiger partial charge in [-0.3, -0.25) is 9.59 Å². The number of carbonyl (C=O) groups excluding carboxylic acids is 2. The van der Waals surface area contributed by atoms with Gasteiger partial charge in [0.25, 0.3) is 11.8 Å². The highest BCUT2D eigenvalue weighted by atomic mass is 19.4. The second-order valence-corrected chi connectivity index (χ2v) is 7.03. The summed E-state index contributed by atoms with van der Waals surface area (Å²) in [6.07, 6.45) is -3.76. The van der Waals surface area contributed by atoms with Crippen LogP contribution >= 0.6 is 0 Å². The Morgan fingerprint density at radius 1 is 0.867 bits per heavy atom. The van der Waals surface area contributed by atoms with E-state index in [2.05, 4.69) is 4.98 Å². The fraction of sp³-hybridized carbons (Fsp3) is 0.136. The SMILES string of the molecule is CN(C)c1ncc(C(F)(F)F)cc1-c1cccc(N2C(=O)c3ccccc3C2=O)c1. The van der Waals surface area contributed by atoms with Crippen molar-refractivity contribution in [3.63, 3.8) is 0 Å². The van der Waals surface area contributed by atoms with Crippen LogP contribution in [0.25, 0.3) is 11.1 Å². The average Bonchev–Trinajstić information content (AvgIpc) is 2.97. The largest absolute Gasteiger partial charge is 0.417 e. The number of hydrogen-bond acceptors (Lipinski definition) is 4. The van der Waals surface area contributed by atoms with Gasteiger partial charge in [0.15, 0.2) is 0 Å². The van der Waals surface area contributed by atoms with E-state index in [1.54, 1.807) is 61.5 Å². The van der Waals surface area contributed by atoms with Crippen molar-refractivity contribution in [2.45, 2.75) is 6.18 Å². The zero-order valence-electron chi connectivity index (χ0n) is 16.1. The molecule has 0 radical (unpaired) electrons. The Kier molecular flexibility index (Phi) is 4.57. The number of anilines is 2. The Hall–Kier alpha value is -3.68. The number of fused-ring (bicyclic) bond motifs is 1. The molecule has 0 spiro atoms. The summed E-state index contributed by atoms with van der Waals surface area (Å²) in [5, 5.41) is 0. The molecule has 4 rings (SSSR count). The number of amides is 2. The van der Waals surface area contributed by atoms with Crippen LogP contribution in [0.5, 0.6) is 0 Å². The molecule has 0 unspecified atom stereocenters. The van der Waals surface area contributed by atoms with Crippen LogP contribution in [0.3, 0.4) is 0 Å². The van der Waals surface area contributed by atoms with E-state index in [9.17, 15) is 22.8 Å². The van der Waals surface area contributed by atoms with Gasteiger partial charge in [0.05, 0.1) is 22.4 Å². The molecule has 0 bridgehead atoms. The smallest absolute Gasteiger partial charge is 0.362 e. The lowest BCUT2D eigenvalue weighted by Crippen LogP contribution is -2.29. The minimum absolute atomic E-state index is 0.244. The highest BCUT2D eigenvalue weighted by Gasteiger charge is 2.36. The predicted octanol–water partition coefficient (Wildman–Crippen LogP) is 4.63. The number of alkyl halides is 3. The Morgan fingerprint density at radius 2 is 1.50 bits per heavy atom. The highest BCUT2D eigenvalue weighted by molar-refractivity contribution is 6.34. The van der Waals surface area contributed by atoms with E-state index in [4.69, 9.17) is 0 Å². The predicted molar refractivity (Wildman–Crippen MR) is 107 cm³/mol. The van der Waals surface area contributed by atoms with E-state index >= 15 is 0 Å². The number of hydrogen-bond donors (Lipinski definition) is 0. The normalized spacial score (nSPS) is 13.6. The van der Waals surface area contributed by atoms with Crippen molar-refractivity contribution in [3.8, 4) is 11.1 Å². The summed E-state index contributed by atoms with van der Waals surface area (Å²) in [7, 11) is 3.35. The Bertz CT molecular complexity index is 1140. The van der Waals surface area contributed by atoms with Gasteiger partial charge in [-0.1, -0.05) is 24.3 Å². The zero-order chi connectivity index (χ0) is 21.6. The molecule has 1 aliphatic rings. The van der Waals surface area contributed by atoms with Crippen LogP contribution in [-0.2, 0) is 6.18 Å². The summed E-state index contributed by atoms with van der Waals surface area (Å²) in [6.45, 7) is 0. The van der Waals surface area contributed by atoms with E-state index < -0.39 is 23.6 Å². The first kappa shape index (κ1) is 19.6. The van der Waals surface area contributed by atoms with Gasteiger partial charge in [-0.2, -0.15) is 13.2 Å². The first-order valence-corrected chi connectivity index (χ1v) is 9.01. The molecule has 0 fully saturated rings. The number of aromatic nitrogens is 1. The van der Waals surface area contributed by atoms with E-state index in [0.717, 1.165) is 17.2 Å². The summed E-state index contributed by atoms with van der Waals surface area (Å²) in [6, 6.07) is 13.8. The maximum absolute atomic E-state index is 13.2. The second-order valence-electron chi connectivity index (χ2n) is 7.03. The number of imide groups is 1. The molecule has 1 aliphatic heterocycles. The number of benzene rings is 2. The second kappa shape index (κ2) is 6.98. The summed E-state index contributed by atoms with van der Waals surface area (Å²) in [5.74, 6) is -0.604. The van der Waals surface area contributed by atoms with Gasteiger partial charge < -0.3 is 4.90 Å². The van der Waals surface area contributed by atoms with Crippen LogP contribution < -0.4 is 9.80 Å². The molecule has 0 aliphatic carbocycles. The van der Waals surface area contributed by atoms with E-state index in [0.29, 0.717) is 22.5 Å². The van der Waals surface area contributed by atoms with Crippen LogP contribution in [0.2, 0.25) is 0 Å². The topological polar surface area (TPSA) is 53.5 Å². The minimum Gasteiger partial charge on any atom is -0.362 e. The van der Waals surface area contributed by atoms with Crippen LogP contribution in [-0.4, -0.2) is 30.9 Å². The van der Waals surface area contributed by atoms with Crippen molar-refractivity contribution < 1.29 is 22.8 Å². The van der Waals surface area contributed by atoms with E-state index in [1.807, 2.05) is 0 Å². The Morgan fingerprint density at radius 3 is 2.07 bits per heavy atom. The van der Waals surface area contributed by atoms with Crippen LogP contribution in [0.4, 0.5) is 24.7 Å². The van der Waals surface area contributed by atoms with E-state index in [1.165, 1.54) is 6.07 Å². The third-order valence-electron chi connectivity index (χ3n) is 4.83. The van der Waals surface area contributed by atoms with Crippen molar-refractivity contribution in [1.29, 1.82) is 0 Å². The van der Waals surface area contributed by atoms with Gasteiger partial charge in [-0.25, -0.2) is 9.88 Å². The maximum atomic E-state index is 13.2. The van der Waals surface area contributed by atoms with Gasteiger partial charge in [-0.15, -0.1) is 0 Å². The molecular formula is C22H16F3N3O2. The fourth-order valence-corrected chi connectivity index (χ4v) is 3.42. The lowest BCUT2D eigenvalue weighted by molar-refractivity contribution is -0.137. The first-order valence-electron chi connectivity index (χ1n) is 9.01. The molecule has 1 aromatic heterocycles. The van der Waals surface area contributed by atoms with E-state index in [-0.39, 0.29) is 11.3 Å². The van der Waals surface area contributed by atoms with Gasteiger partial charge in [0.2, 0.25) is 0 Å². The van der Waals surface area contributed by atoms with Crippen LogP contribution in [0.15, 0.2) is 60.8 Å². The quantitative estimate of drug-likeness (QED) is 0.590. The van der Waals surface area contributed by atoms with Gasteiger partial charge in [0, 0.05) is 25.9 Å². The molecule has 0 atom stereocenters. The lowest BCUT2D eigenvalue weighted by Gasteiger charge is -2.20. The van der Waals surface area contributed by atoms with Crippen molar-refractivity contribution in [2.24, 2.45) is 0 Å². The average molecular weight is 411 g/mol. The maximum Gasteiger partial charge on any atom is 0.417 e. The van der Waals surface area contributed by atoms with Crippen molar-refractivity contribution in [2.75, 3.05) is 23.9 Å². The third kappa shape index (κ3) is 3.20. The molecule has 2 heterocycles. The van der Waals surface area contributed by atoms with Gasteiger partial charge in [0.1, 0.15) is 5.82 Å². The number of rotatable bonds is 3. The number of halogens is 3. The van der Waals surface area contributed by atoms with Crippen LogP contribution in [0.1, 0.15) is 26.3 Å². The summed E-state index contributed by atoms with van der Waals surface area (Å²) < 4.78 is 39.7.